The number of halogens is 2. The van der Waals surface area contributed by atoms with Crippen LogP contribution in [0.25, 0.3) is 0 Å². The highest BCUT2D eigenvalue weighted by Gasteiger charge is 2.21. The van der Waals surface area contributed by atoms with Crippen LogP contribution in [0.4, 0.5) is 8.78 Å². The van der Waals surface area contributed by atoms with Crippen molar-refractivity contribution in [2.75, 3.05) is 14.2 Å². The molecular weight excluding hydrogens is 280 g/mol. The topological polar surface area (TPSA) is 43.6 Å². The predicted octanol–water partition coefficient (Wildman–Crippen LogP) is 3.34. The van der Waals surface area contributed by atoms with Crippen LogP contribution in [0, 0.1) is 0 Å². The van der Waals surface area contributed by atoms with Gasteiger partial charge in [-0.2, -0.15) is 8.78 Å². The van der Waals surface area contributed by atoms with Crippen molar-refractivity contribution in [3.8, 4) is 5.75 Å². The van der Waals surface area contributed by atoms with Crippen LogP contribution in [0.2, 0.25) is 0 Å². The number of methoxy groups -OCH3 is 1. The number of alkyl halides is 2. The second-order valence-corrected chi connectivity index (χ2v) is 4.38. The number of rotatable bonds is 7. The summed E-state index contributed by atoms with van der Waals surface area (Å²) in [6.07, 6.45) is 0. The van der Waals surface area contributed by atoms with Crippen LogP contribution in [-0.4, -0.2) is 20.8 Å². The summed E-state index contributed by atoms with van der Waals surface area (Å²) in [5, 5.41) is 3.04. The van der Waals surface area contributed by atoms with Crippen molar-refractivity contribution in [2.45, 2.75) is 19.3 Å². The molecule has 21 heavy (non-hydrogen) atoms. The molecule has 0 fully saturated rings. The maximum absolute atomic E-state index is 12.5. The molecule has 2 rings (SSSR count). The third-order valence-corrected chi connectivity index (χ3v) is 2.99. The van der Waals surface area contributed by atoms with Crippen LogP contribution in [-0.2, 0) is 11.3 Å². The average Bonchev–Trinajstić information content (AvgIpc) is 2.90. The summed E-state index contributed by atoms with van der Waals surface area (Å²) in [6.45, 7) is -2.52. The van der Waals surface area contributed by atoms with Crippen molar-refractivity contribution in [3.05, 3.63) is 53.5 Å². The molecule has 1 heterocycles. The molecule has 0 amide bonds. The van der Waals surface area contributed by atoms with Gasteiger partial charge in [0.25, 0.3) is 0 Å². The highest BCUT2D eigenvalue weighted by Crippen LogP contribution is 2.31. The van der Waals surface area contributed by atoms with Crippen molar-refractivity contribution in [1.82, 2.24) is 5.32 Å². The molecule has 0 aliphatic heterocycles. The molecule has 1 N–H and O–H groups in total. The summed E-state index contributed by atoms with van der Waals surface area (Å²) < 4.78 is 40.2. The fraction of sp³-hybridized carbons (Fsp3) is 0.333. The van der Waals surface area contributed by atoms with E-state index in [1.54, 1.807) is 44.5 Å². The second-order valence-electron chi connectivity index (χ2n) is 4.38. The summed E-state index contributed by atoms with van der Waals surface area (Å²) in [5.41, 5.74) is 0.582. The van der Waals surface area contributed by atoms with Gasteiger partial charge in [0.05, 0.1) is 6.04 Å². The molecular formula is C15H17F2NO3. The molecule has 0 saturated heterocycles. The van der Waals surface area contributed by atoms with E-state index in [9.17, 15) is 8.78 Å². The summed E-state index contributed by atoms with van der Waals surface area (Å²) in [7, 11) is 3.30. The van der Waals surface area contributed by atoms with Crippen LogP contribution in [0.5, 0.6) is 5.75 Å². The van der Waals surface area contributed by atoms with Crippen molar-refractivity contribution >= 4 is 0 Å². The third-order valence-electron chi connectivity index (χ3n) is 2.99. The maximum atomic E-state index is 12.5. The fourth-order valence-electron chi connectivity index (χ4n) is 2.14. The van der Waals surface area contributed by atoms with E-state index in [4.69, 9.17) is 9.15 Å². The Hall–Kier alpha value is -1.92. The normalized spacial score (nSPS) is 12.6. The van der Waals surface area contributed by atoms with Crippen molar-refractivity contribution < 1.29 is 22.7 Å². The smallest absolute Gasteiger partial charge is 0.387 e. The average molecular weight is 297 g/mol. The Morgan fingerprint density at radius 2 is 1.95 bits per heavy atom. The largest absolute Gasteiger partial charge is 0.462 e. The predicted molar refractivity (Wildman–Crippen MR) is 73.4 cm³/mol. The summed E-state index contributed by atoms with van der Waals surface area (Å²) in [5.74, 6) is 1.39. The van der Waals surface area contributed by atoms with E-state index in [2.05, 4.69) is 10.1 Å². The third kappa shape index (κ3) is 3.80. The van der Waals surface area contributed by atoms with E-state index in [-0.39, 0.29) is 11.8 Å². The number of benzene rings is 1. The number of hydrogen-bond acceptors (Lipinski definition) is 4. The minimum absolute atomic E-state index is 0.122. The standard InChI is InChI=1S/C15H17F2NO3/c1-18-14(13-8-7-10(20-13)9-19-2)11-5-3-4-6-12(11)21-15(16)17/h3-8,14-15,18H,9H2,1-2H3. The summed E-state index contributed by atoms with van der Waals surface area (Å²) in [6, 6.07) is 9.82. The quantitative estimate of drug-likeness (QED) is 0.851. The van der Waals surface area contributed by atoms with Gasteiger partial charge in [0.15, 0.2) is 0 Å². The van der Waals surface area contributed by atoms with E-state index in [0.29, 0.717) is 23.7 Å². The van der Waals surface area contributed by atoms with Gasteiger partial charge >= 0.3 is 6.61 Å². The Labute approximate surface area is 121 Å². The number of nitrogens with one attached hydrogen (secondary N) is 1. The zero-order chi connectivity index (χ0) is 15.2. The van der Waals surface area contributed by atoms with Crippen LogP contribution in [0.15, 0.2) is 40.8 Å². The first-order valence-electron chi connectivity index (χ1n) is 6.44. The number of furan rings is 1. The van der Waals surface area contributed by atoms with E-state index < -0.39 is 6.61 Å². The number of para-hydroxylation sites is 1. The lowest BCUT2D eigenvalue weighted by atomic mass is 10.0. The van der Waals surface area contributed by atoms with Gasteiger partial charge in [0, 0.05) is 12.7 Å². The van der Waals surface area contributed by atoms with Gasteiger partial charge < -0.3 is 19.2 Å². The molecule has 114 valence electrons. The molecule has 0 spiro atoms. The van der Waals surface area contributed by atoms with Gasteiger partial charge in [-0.05, 0) is 25.2 Å². The first-order chi connectivity index (χ1) is 10.2. The Bertz CT molecular complexity index is 572. The zero-order valence-electron chi connectivity index (χ0n) is 11.8. The summed E-state index contributed by atoms with van der Waals surface area (Å²) >= 11 is 0. The van der Waals surface area contributed by atoms with Crippen molar-refractivity contribution in [2.24, 2.45) is 0 Å². The Morgan fingerprint density at radius 3 is 2.62 bits per heavy atom. The Kier molecular flexibility index (Phi) is 5.30. The van der Waals surface area contributed by atoms with Gasteiger partial charge in [-0.15, -0.1) is 0 Å². The zero-order valence-corrected chi connectivity index (χ0v) is 11.8. The first-order valence-corrected chi connectivity index (χ1v) is 6.44. The van der Waals surface area contributed by atoms with E-state index in [1.165, 1.54) is 6.07 Å². The van der Waals surface area contributed by atoms with E-state index in [0.717, 1.165) is 0 Å². The van der Waals surface area contributed by atoms with Gasteiger partial charge in [-0.3, -0.25) is 0 Å². The molecule has 2 aromatic rings. The van der Waals surface area contributed by atoms with E-state index >= 15 is 0 Å². The number of hydrogen-bond donors (Lipinski definition) is 1. The van der Waals surface area contributed by atoms with Crippen LogP contribution >= 0.6 is 0 Å². The highest BCUT2D eigenvalue weighted by atomic mass is 19.3. The number of ether oxygens (including phenoxy) is 2. The highest BCUT2D eigenvalue weighted by molar-refractivity contribution is 5.39. The molecule has 6 heteroatoms. The SMILES string of the molecule is CNC(c1ccc(COC)o1)c1ccccc1OC(F)F. The molecule has 4 nitrogen and oxygen atoms in total. The van der Waals surface area contributed by atoms with Crippen LogP contribution in [0.1, 0.15) is 23.1 Å². The molecule has 1 atom stereocenters. The van der Waals surface area contributed by atoms with E-state index in [1.807, 2.05) is 0 Å². The van der Waals surface area contributed by atoms with Crippen molar-refractivity contribution in [3.63, 3.8) is 0 Å². The van der Waals surface area contributed by atoms with Gasteiger partial charge in [0.2, 0.25) is 0 Å². The van der Waals surface area contributed by atoms with Crippen LogP contribution < -0.4 is 10.1 Å². The van der Waals surface area contributed by atoms with Gasteiger partial charge in [-0.25, -0.2) is 0 Å². The summed E-state index contributed by atoms with van der Waals surface area (Å²) in [4.78, 5) is 0. The second kappa shape index (κ2) is 7.19. The molecule has 1 unspecified atom stereocenters. The molecule has 0 bridgehead atoms. The van der Waals surface area contributed by atoms with Gasteiger partial charge in [-0.1, -0.05) is 18.2 Å². The lowest BCUT2D eigenvalue weighted by Gasteiger charge is -2.18. The Morgan fingerprint density at radius 1 is 1.19 bits per heavy atom. The first kappa shape index (κ1) is 15.5. The molecule has 0 aliphatic rings. The lowest BCUT2D eigenvalue weighted by molar-refractivity contribution is -0.0506. The van der Waals surface area contributed by atoms with Crippen LogP contribution in [0.3, 0.4) is 0 Å². The molecule has 1 aromatic carbocycles. The lowest BCUT2D eigenvalue weighted by Crippen LogP contribution is -2.18. The molecule has 0 saturated carbocycles. The monoisotopic (exact) mass is 297 g/mol. The molecule has 0 radical (unpaired) electrons. The molecule has 0 aliphatic carbocycles. The molecule has 1 aromatic heterocycles. The fourth-order valence-corrected chi connectivity index (χ4v) is 2.14. The minimum atomic E-state index is -2.87. The van der Waals surface area contributed by atoms with Crippen molar-refractivity contribution in [1.29, 1.82) is 0 Å². The maximum Gasteiger partial charge on any atom is 0.387 e. The Balaban J connectivity index is 2.31. The minimum Gasteiger partial charge on any atom is -0.462 e. The van der Waals surface area contributed by atoms with Gasteiger partial charge in [0.1, 0.15) is 23.9 Å².